The molecule has 2 aliphatic heterocycles. The van der Waals surface area contributed by atoms with Crippen LogP contribution in [-0.4, -0.2) is 36.9 Å². The fourth-order valence-corrected chi connectivity index (χ4v) is 7.35. The summed E-state index contributed by atoms with van der Waals surface area (Å²) in [6, 6.07) is 23.7. The van der Waals surface area contributed by atoms with Crippen molar-refractivity contribution in [1.82, 2.24) is 4.90 Å². The molecule has 0 aromatic heterocycles. The lowest BCUT2D eigenvalue weighted by Gasteiger charge is -2.47. The van der Waals surface area contributed by atoms with Crippen LogP contribution in [0.3, 0.4) is 0 Å². The molecule has 4 aromatic carbocycles. The summed E-state index contributed by atoms with van der Waals surface area (Å²) < 4.78 is 24.2. The number of aliphatic hydroxyl groups excluding tert-OH is 1. The lowest BCUT2D eigenvalue weighted by Crippen LogP contribution is -2.45. The number of aryl methyl sites for hydroxylation is 4. The van der Waals surface area contributed by atoms with E-state index in [0.717, 1.165) is 41.2 Å². The highest BCUT2D eigenvalue weighted by Crippen LogP contribution is 2.48. The second-order valence-electron chi connectivity index (χ2n) is 12.8. The summed E-state index contributed by atoms with van der Waals surface area (Å²) in [5.41, 5.74) is 10.8. The third-order valence-electron chi connectivity index (χ3n) is 9.14. The van der Waals surface area contributed by atoms with Gasteiger partial charge in [-0.25, -0.2) is 0 Å². The average molecular weight is 608 g/mol. The molecular formula is C39H45NO5. The molecule has 45 heavy (non-hydrogen) atoms. The first-order valence-corrected chi connectivity index (χ1v) is 15.9. The largest absolute Gasteiger partial charge is 0.493 e. The molecule has 0 amide bonds. The van der Waals surface area contributed by atoms with Gasteiger partial charge in [0.05, 0.1) is 20.3 Å². The van der Waals surface area contributed by atoms with E-state index in [1.807, 2.05) is 6.07 Å². The number of hydrogen-bond donors (Lipinski definition) is 1. The Labute approximate surface area is 267 Å². The van der Waals surface area contributed by atoms with E-state index in [9.17, 15) is 5.11 Å². The second-order valence-corrected chi connectivity index (χ2v) is 12.8. The van der Waals surface area contributed by atoms with Crippen molar-refractivity contribution < 1.29 is 24.1 Å². The summed E-state index contributed by atoms with van der Waals surface area (Å²) in [6.45, 7) is 10.3. The smallest absolute Gasteiger partial charge is 0.162 e. The number of piperidine rings is 1. The highest BCUT2D eigenvalue weighted by atomic mass is 16.5. The van der Waals surface area contributed by atoms with Crippen molar-refractivity contribution in [2.45, 2.75) is 78.4 Å². The Kier molecular flexibility index (Phi) is 9.06. The molecule has 2 aliphatic rings. The topological polar surface area (TPSA) is 60.4 Å². The molecule has 2 heterocycles. The molecule has 0 bridgehead atoms. The molecule has 1 fully saturated rings. The number of fused-ring (bicyclic) bond motifs is 3. The average Bonchev–Trinajstić information content (AvgIpc) is 3.01. The molecule has 6 nitrogen and oxygen atoms in total. The van der Waals surface area contributed by atoms with Gasteiger partial charge in [0, 0.05) is 18.6 Å². The van der Waals surface area contributed by atoms with E-state index in [2.05, 4.69) is 93.3 Å². The minimum Gasteiger partial charge on any atom is -0.493 e. The number of hydrogen-bond acceptors (Lipinski definition) is 6. The van der Waals surface area contributed by atoms with Crippen LogP contribution in [0, 0.1) is 27.7 Å². The van der Waals surface area contributed by atoms with Gasteiger partial charge in [0.2, 0.25) is 0 Å². The first-order valence-electron chi connectivity index (χ1n) is 15.9. The predicted molar refractivity (Wildman–Crippen MR) is 178 cm³/mol. The molecule has 1 saturated heterocycles. The van der Waals surface area contributed by atoms with Crippen LogP contribution < -0.4 is 18.9 Å². The van der Waals surface area contributed by atoms with Gasteiger partial charge < -0.3 is 24.1 Å². The van der Waals surface area contributed by atoms with Gasteiger partial charge >= 0.3 is 0 Å². The Hall–Kier alpha value is -4.00. The van der Waals surface area contributed by atoms with Gasteiger partial charge in [-0.05, 0) is 99.0 Å². The number of aliphatic hydroxyl groups is 1. The Morgan fingerprint density at radius 3 is 1.78 bits per heavy atom. The lowest BCUT2D eigenvalue weighted by atomic mass is 9.81. The Bertz CT molecular complexity index is 1640. The molecule has 1 N–H and O–H groups in total. The zero-order valence-electron chi connectivity index (χ0n) is 27.4. The van der Waals surface area contributed by atoms with Gasteiger partial charge in [0.15, 0.2) is 23.0 Å². The van der Waals surface area contributed by atoms with Crippen LogP contribution in [0.5, 0.6) is 23.0 Å². The van der Waals surface area contributed by atoms with E-state index < -0.39 is 6.10 Å². The summed E-state index contributed by atoms with van der Waals surface area (Å²) in [6.07, 6.45) is 1.82. The molecule has 236 valence electrons. The molecule has 0 unspecified atom stereocenters. The molecular weight excluding hydrogens is 562 g/mol. The summed E-state index contributed by atoms with van der Waals surface area (Å²) >= 11 is 0. The van der Waals surface area contributed by atoms with E-state index in [4.69, 9.17) is 18.9 Å². The molecule has 3 atom stereocenters. The first kappa shape index (κ1) is 31.0. The molecule has 0 spiro atoms. The van der Waals surface area contributed by atoms with Crippen LogP contribution >= 0.6 is 0 Å². The van der Waals surface area contributed by atoms with E-state index in [1.165, 1.54) is 33.4 Å². The van der Waals surface area contributed by atoms with Crippen molar-refractivity contribution in [1.29, 1.82) is 0 Å². The van der Waals surface area contributed by atoms with Crippen LogP contribution in [0.4, 0.5) is 0 Å². The first-order chi connectivity index (χ1) is 21.7. The van der Waals surface area contributed by atoms with Crippen molar-refractivity contribution in [3.05, 3.63) is 117 Å². The van der Waals surface area contributed by atoms with Gasteiger partial charge in [0.1, 0.15) is 13.2 Å². The van der Waals surface area contributed by atoms with Crippen molar-refractivity contribution in [2.75, 3.05) is 20.8 Å². The fourth-order valence-electron chi connectivity index (χ4n) is 7.35. The van der Waals surface area contributed by atoms with Gasteiger partial charge in [-0.2, -0.15) is 0 Å². The highest BCUT2D eigenvalue weighted by Gasteiger charge is 2.40. The van der Waals surface area contributed by atoms with Crippen molar-refractivity contribution in [2.24, 2.45) is 0 Å². The van der Waals surface area contributed by atoms with E-state index in [1.54, 1.807) is 14.2 Å². The van der Waals surface area contributed by atoms with Crippen LogP contribution in [0.25, 0.3) is 0 Å². The molecule has 0 saturated carbocycles. The van der Waals surface area contributed by atoms with Crippen molar-refractivity contribution >= 4 is 0 Å². The summed E-state index contributed by atoms with van der Waals surface area (Å²) in [4.78, 5) is 2.54. The molecule has 6 heteroatoms. The van der Waals surface area contributed by atoms with Crippen LogP contribution in [0.1, 0.15) is 75.0 Å². The minimum atomic E-state index is -0.421. The van der Waals surface area contributed by atoms with Crippen molar-refractivity contribution in [3.63, 3.8) is 0 Å². The number of rotatable bonds is 9. The number of methoxy groups -OCH3 is 2. The van der Waals surface area contributed by atoms with E-state index >= 15 is 0 Å². The van der Waals surface area contributed by atoms with E-state index in [0.29, 0.717) is 37.6 Å². The highest BCUT2D eigenvalue weighted by molar-refractivity contribution is 5.51. The Morgan fingerprint density at radius 1 is 0.644 bits per heavy atom. The normalized spacial score (nSPS) is 19.4. The van der Waals surface area contributed by atoms with E-state index in [-0.39, 0.29) is 12.1 Å². The zero-order valence-corrected chi connectivity index (χ0v) is 27.4. The van der Waals surface area contributed by atoms with Crippen molar-refractivity contribution in [3.8, 4) is 23.0 Å². The molecule has 0 radical (unpaired) electrons. The molecule has 4 aromatic rings. The number of nitrogens with zero attached hydrogens (tertiary/aromatic N) is 1. The minimum absolute atomic E-state index is 0.0619. The summed E-state index contributed by atoms with van der Waals surface area (Å²) in [7, 11) is 3.32. The Morgan fingerprint density at radius 2 is 1.20 bits per heavy atom. The van der Waals surface area contributed by atoms with Crippen LogP contribution in [0.2, 0.25) is 0 Å². The standard InChI is InChI=1S/C39H45NO5/c1-24-11-25(2)14-28(13-24)22-44-38-17-30-9-10-40-34(31-7-8-36(42-5)37(18-31)43-6)19-32(41)20-35(40)33(30)21-39(38)45-23-29-15-26(3)12-27(4)16-29/h7-8,11-18,21,32,34-35,41H,9-10,19-20,22-23H2,1-6H3/t32-,34+,35+/m1/s1. The van der Waals surface area contributed by atoms with Gasteiger partial charge in [-0.15, -0.1) is 0 Å². The lowest BCUT2D eigenvalue weighted by molar-refractivity contribution is -0.00697. The zero-order chi connectivity index (χ0) is 31.7. The maximum absolute atomic E-state index is 11.2. The number of benzene rings is 4. The summed E-state index contributed by atoms with van der Waals surface area (Å²) in [5.74, 6) is 2.91. The SMILES string of the molecule is COc1ccc([C@@H]2C[C@@H](O)C[C@H]3c4cc(OCc5cc(C)cc(C)c5)c(OCc5cc(C)cc(C)c5)cc4CCN23)cc1OC. The Balaban J connectivity index is 1.34. The van der Waals surface area contributed by atoms with Gasteiger partial charge in [-0.1, -0.05) is 64.7 Å². The van der Waals surface area contributed by atoms with Gasteiger partial charge in [-0.3, -0.25) is 4.90 Å². The maximum atomic E-state index is 11.2. The third kappa shape index (κ3) is 6.82. The third-order valence-corrected chi connectivity index (χ3v) is 9.14. The fraction of sp³-hybridized carbons (Fsp3) is 0.385. The van der Waals surface area contributed by atoms with Gasteiger partial charge in [0.25, 0.3) is 0 Å². The van der Waals surface area contributed by atoms with Crippen LogP contribution in [-0.2, 0) is 19.6 Å². The quantitative estimate of drug-likeness (QED) is 0.209. The predicted octanol–water partition coefficient (Wildman–Crippen LogP) is 7.89. The van der Waals surface area contributed by atoms with Crippen LogP contribution in [0.15, 0.2) is 66.7 Å². The molecule has 6 rings (SSSR count). The summed E-state index contributed by atoms with van der Waals surface area (Å²) in [5, 5.41) is 11.2. The monoisotopic (exact) mass is 607 g/mol. The number of ether oxygens (including phenoxy) is 4. The second kappa shape index (κ2) is 13.2. The molecule has 0 aliphatic carbocycles. The maximum Gasteiger partial charge on any atom is 0.162 e.